The topological polar surface area (TPSA) is 58.6 Å². The highest BCUT2D eigenvalue weighted by molar-refractivity contribution is 6.07. The number of nitrogens with one attached hydrogen (secondary N) is 1. The van der Waals surface area contributed by atoms with Gasteiger partial charge in [-0.05, 0) is 56.3 Å². The lowest BCUT2D eigenvalue weighted by Gasteiger charge is -2.21. The third-order valence-electron chi connectivity index (χ3n) is 4.41. The zero-order valence-electron chi connectivity index (χ0n) is 16.6. The van der Waals surface area contributed by atoms with Gasteiger partial charge in [0.1, 0.15) is 5.75 Å². The second kappa shape index (κ2) is 9.55. The van der Waals surface area contributed by atoms with Crippen LogP contribution in [0.3, 0.4) is 0 Å². The standard InChI is InChI=1S/C24H24N2O3/c1-3-26(21-10-5-4-6-11-21)24(28)19-8-7-9-20(16-19)25-23(27)17-29-22-14-12-18(2)13-15-22/h4-16H,3,17H2,1-2H3,(H,25,27). The summed E-state index contributed by atoms with van der Waals surface area (Å²) < 4.78 is 5.50. The van der Waals surface area contributed by atoms with E-state index in [1.54, 1.807) is 29.2 Å². The third-order valence-corrected chi connectivity index (χ3v) is 4.41. The van der Waals surface area contributed by atoms with Gasteiger partial charge < -0.3 is 15.0 Å². The van der Waals surface area contributed by atoms with Gasteiger partial charge in [0.05, 0.1) is 0 Å². The molecule has 3 aromatic rings. The molecule has 0 aliphatic rings. The Hall–Kier alpha value is -3.60. The molecule has 0 radical (unpaired) electrons. The van der Waals surface area contributed by atoms with Crippen LogP contribution < -0.4 is 15.0 Å². The maximum atomic E-state index is 12.9. The summed E-state index contributed by atoms with van der Waals surface area (Å²) >= 11 is 0. The number of ether oxygens (including phenoxy) is 1. The zero-order valence-corrected chi connectivity index (χ0v) is 16.6. The van der Waals surface area contributed by atoms with E-state index in [0.29, 0.717) is 23.5 Å². The van der Waals surface area contributed by atoms with E-state index in [2.05, 4.69) is 5.32 Å². The van der Waals surface area contributed by atoms with Gasteiger partial charge in [-0.15, -0.1) is 0 Å². The van der Waals surface area contributed by atoms with Gasteiger partial charge in [0.15, 0.2) is 6.61 Å². The normalized spacial score (nSPS) is 10.3. The molecule has 148 valence electrons. The molecule has 29 heavy (non-hydrogen) atoms. The van der Waals surface area contributed by atoms with Gasteiger partial charge in [-0.1, -0.05) is 42.0 Å². The van der Waals surface area contributed by atoms with Crippen LogP contribution in [0.2, 0.25) is 0 Å². The molecule has 0 fully saturated rings. The third kappa shape index (κ3) is 5.45. The molecule has 0 aliphatic carbocycles. The van der Waals surface area contributed by atoms with Crippen LogP contribution >= 0.6 is 0 Å². The Morgan fingerprint density at radius 3 is 2.34 bits per heavy atom. The molecule has 2 amide bonds. The maximum absolute atomic E-state index is 12.9. The molecular formula is C24H24N2O3. The molecule has 0 aliphatic heterocycles. The highest BCUT2D eigenvalue weighted by Gasteiger charge is 2.16. The molecule has 0 heterocycles. The summed E-state index contributed by atoms with van der Waals surface area (Å²) in [6, 6.07) is 23.9. The minimum absolute atomic E-state index is 0.105. The number of carbonyl (C=O) groups is 2. The number of nitrogens with zero attached hydrogens (tertiary/aromatic N) is 1. The van der Waals surface area contributed by atoms with Gasteiger partial charge in [-0.2, -0.15) is 0 Å². The first kappa shape index (κ1) is 20.1. The highest BCUT2D eigenvalue weighted by atomic mass is 16.5. The van der Waals surface area contributed by atoms with Crippen molar-refractivity contribution in [2.24, 2.45) is 0 Å². The molecule has 3 aromatic carbocycles. The molecule has 0 aromatic heterocycles. The van der Waals surface area contributed by atoms with Crippen molar-refractivity contribution in [2.45, 2.75) is 13.8 Å². The minimum atomic E-state index is -0.286. The van der Waals surface area contributed by atoms with Crippen molar-refractivity contribution in [3.63, 3.8) is 0 Å². The Bertz CT molecular complexity index is 969. The molecule has 1 N–H and O–H groups in total. The van der Waals surface area contributed by atoms with E-state index >= 15 is 0 Å². The quantitative estimate of drug-likeness (QED) is 0.639. The Morgan fingerprint density at radius 2 is 1.66 bits per heavy atom. The van der Waals surface area contributed by atoms with E-state index in [9.17, 15) is 9.59 Å². The molecule has 0 bridgehead atoms. The number of anilines is 2. The Morgan fingerprint density at radius 1 is 0.931 bits per heavy atom. The van der Waals surface area contributed by atoms with Gasteiger partial charge in [0, 0.05) is 23.5 Å². The van der Waals surface area contributed by atoms with Crippen molar-refractivity contribution in [1.29, 1.82) is 0 Å². The van der Waals surface area contributed by atoms with Crippen LogP contribution in [0, 0.1) is 6.92 Å². The fourth-order valence-electron chi connectivity index (χ4n) is 2.92. The van der Waals surface area contributed by atoms with Gasteiger partial charge >= 0.3 is 0 Å². The number of carbonyl (C=O) groups excluding carboxylic acids is 2. The van der Waals surface area contributed by atoms with Crippen LogP contribution in [0.25, 0.3) is 0 Å². The Balaban J connectivity index is 1.64. The average Bonchev–Trinajstić information content (AvgIpc) is 2.75. The lowest BCUT2D eigenvalue weighted by atomic mass is 10.1. The van der Waals surface area contributed by atoms with Crippen molar-refractivity contribution in [2.75, 3.05) is 23.4 Å². The van der Waals surface area contributed by atoms with Crippen molar-refractivity contribution in [3.8, 4) is 5.75 Å². The van der Waals surface area contributed by atoms with Crippen LogP contribution in [0.4, 0.5) is 11.4 Å². The summed E-state index contributed by atoms with van der Waals surface area (Å²) in [6.07, 6.45) is 0. The second-order valence-corrected chi connectivity index (χ2v) is 6.62. The fourth-order valence-corrected chi connectivity index (χ4v) is 2.92. The van der Waals surface area contributed by atoms with Crippen molar-refractivity contribution in [3.05, 3.63) is 90.0 Å². The van der Waals surface area contributed by atoms with Crippen molar-refractivity contribution >= 4 is 23.2 Å². The molecular weight excluding hydrogens is 364 g/mol. The van der Waals surface area contributed by atoms with Gasteiger partial charge in [0.2, 0.25) is 0 Å². The van der Waals surface area contributed by atoms with E-state index in [1.165, 1.54) is 0 Å². The van der Waals surface area contributed by atoms with E-state index in [0.717, 1.165) is 11.3 Å². The lowest BCUT2D eigenvalue weighted by molar-refractivity contribution is -0.118. The van der Waals surface area contributed by atoms with Gasteiger partial charge in [-0.3, -0.25) is 9.59 Å². The first-order valence-electron chi connectivity index (χ1n) is 9.53. The SMILES string of the molecule is CCN(C(=O)c1cccc(NC(=O)COc2ccc(C)cc2)c1)c1ccccc1. The molecule has 5 nitrogen and oxygen atoms in total. The lowest BCUT2D eigenvalue weighted by Crippen LogP contribution is -2.30. The van der Waals surface area contributed by atoms with E-state index in [1.807, 2.05) is 68.4 Å². The summed E-state index contributed by atoms with van der Waals surface area (Å²) in [5.41, 5.74) is 3.02. The molecule has 0 spiro atoms. The maximum Gasteiger partial charge on any atom is 0.262 e. The number of hydrogen-bond donors (Lipinski definition) is 1. The molecule has 0 unspecified atom stereocenters. The van der Waals surface area contributed by atoms with E-state index in [-0.39, 0.29) is 18.4 Å². The highest BCUT2D eigenvalue weighted by Crippen LogP contribution is 2.19. The number of para-hydroxylation sites is 1. The number of aryl methyl sites for hydroxylation is 1. The predicted octanol–water partition coefficient (Wildman–Crippen LogP) is 4.68. The summed E-state index contributed by atoms with van der Waals surface area (Å²) in [7, 11) is 0. The van der Waals surface area contributed by atoms with Crippen LogP contribution in [0.1, 0.15) is 22.8 Å². The molecule has 5 heteroatoms. The second-order valence-electron chi connectivity index (χ2n) is 6.62. The monoisotopic (exact) mass is 388 g/mol. The van der Waals surface area contributed by atoms with Gasteiger partial charge in [0.25, 0.3) is 11.8 Å². The van der Waals surface area contributed by atoms with Crippen molar-refractivity contribution < 1.29 is 14.3 Å². The van der Waals surface area contributed by atoms with Crippen LogP contribution in [-0.4, -0.2) is 25.0 Å². The predicted molar refractivity (Wildman–Crippen MR) is 116 cm³/mol. The molecule has 3 rings (SSSR count). The molecule has 0 saturated carbocycles. The summed E-state index contributed by atoms with van der Waals surface area (Å²) in [5.74, 6) is 0.229. The molecule has 0 atom stereocenters. The van der Waals surface area contributed by atoms with Crippen LogP contribution in [0.5, 0.6) is 5.75 Å². The first-order valence-corrected chi connectivity index (χ1v) is 9.53. The summed E-state index contributed by atoms with van der Waals surface area (Å²) in [6.45, 7) is 4.36. The summed E-state index contributed by atoms with van der Waals surface area (Å²) in [5, 5.41) is 2.78. The van der Waals surface area contributed by atoms with Crippen LogP contribution in [-0.2, 0) is 4.79 Å². The number of rotatable bonds is 7. The zero-order chi connectivity index (χ0) is 20.6. The first-order chi connectivity index (χ1) is 14.1. The van der Waals surface area contributed by atoms with E-state index < -0.39 is 0 Å². The van der Waals surface area contributed by atoms with Gasteiger partial charge in [-0.25, -0.2) is 0 Å². The Kier molecular flexibility index (Phi) is 6.63. The minimum Gasteiger partial charge on any atom is -0.484 e. The Labute approximate surface area is 170 Å². The van der Waals surface area contributed by atoms with E-state index in [4.69, 9.17) is 4.74 Å². The van der Waals surface area contributed by atoms with Crippen molar-refractivity contribution in [1.82, 2.24) is 0 Å². The largest absolute Gasteiger partial charge is 0.484 e. The van der Waals surface area contributed by atoms with Crippen LogP contribution in [0.15, 0.2) is 78.9 Å². The number of benzene rings is 3. The summed E-state index contributed by atoms with van der Waals surface area (Å²) in [4.78, 5) is 26.9. The fraction of sp³-hybridized carbons (Fsp3) is 0.167. The number of hydrogen-bond acceptors (Lipinski definition) is 3. The smallest absolute Gasteiger partial charge is 0.262 e. The average molecular weight is 388 g/mol. The number of amides is 2. The molecule has 0 saturated heterocycles.